The van der Waals surface area contributed by atoms with E-state index in [2.05, 4.69) is 64.1 Å². The summed E-state index contributed by atoms with van der Waals surface area (Å²) in [6, 6.07) is 12.8. The highest BCUT2D eigenvalue weighted by molar-refractivity contribution is 5.85. The van der Waals surface area contributed by atoms with Crippen molar-refractivity contribution >= 4 is 17.8 Å². The van der Waals surface area contributed by atoms with Gasteiger partial charge in [-0.25, -0.2) is 0 Å². The van der Waals surface area contributed by atoms with Crippen LogP contribution in [0, 0.1) is 39.5 Å². The average Bonchev–Trinajstić information content (AvgIpc) is 3.72. The Balaban J connectivity index is 0.983. The Kier molecular flexibility index (Phi) is 17.9. The second kappa shape index (κ2) is 22.5. The van der Waals surface area contributed by atoms with Crippen LogP contribution >= 0.6 is 0 Å². The first-order chi connectivity index (χ1) is 25.6. The first-order valence-electron chi connectivity index (χ1n) is 20.3. The minimum absolute atomic E-state index is 0.143. The first-order valence-corrected chi connectivity index (χ1v) is 20.3. The molecule has 0 radical (unpaired) electrons. The van der Waals surface area contributed by atoms with Gasteiger partial charge in [0.1, 0.15) is 17.6 Å². The van der Waals surface area contributed by atoms with E-state index >= 15 is 0 Å². The van der Waals surface area contributed by atoms with Crippen LogP contribution in [-0.4, -0.2) is 61.3 Å². The molecule has 2 aromatic rings. The Morgan fingerprint density at radius 2 is 0.981 bits per heavy atom. The van der Waals surface area contributed by atoms with Gasteiger partial charge in [-0.15, -0.1) is 0 Å². The number of esters is 2. The predicted octanol–water partition coefficient (Wildman–Crippen LogP) is 9.47. The van der Waals surface area contributed by atoms with E-state index in [1.165, 1.54) is 59.9 Å². The Morgan fingerprint density at radius 1 is 0.566 bits per heavy atom. The SMILES string of the molecule is CC(=O)N(CCCCCCCCCCCCOC(=O)C1C2C=CC(O2)C1C(=O)OCCCCCCOc1cc(C)cc(C)c1)Cc1cc(C)cc(C)c1. The molecule has 4 rings (SSSR count). The van der Waals surface area contributed by atoms with Crippen molar-refractivity contribution in [2.45, 2.75) is 143 Å². The molecule has 0 aliphatic carbocycles. The Morgan fingerprint density at radius 3 is 1.45 bits per heavy atom. The quantitative estimate of drug-likeness (QED) is 0.0571. The van der Waals surface area contributed by atoms with Crippen LogP contribution in [0.1, 0.15) is 125 Å². The highest BCUT2D eigenvalue weighted by Crippen LogP contribution is 2.40. The van der Waals surface area contributed by atoms with Crippen LogP contribution in [0.5, 0.6) is 5.75 Å². The number of carbonyl (C=O) groups is 3. The molecule has 2 bridgehead atoms. The van der Waals surface area contributed by atoms with Gasteiger partial charge >= 0.3 is 11.9 Å². The Hall–Kier alpha value is -3.65. The van der Waals surface area contributed by atoms with Gasteiger partial charge in [0.25, 0.3) is 0 Å². The van der Waals surface area contributed by atoms with E-state index in [4.69, 9.17) is 18.9 Å². The zero-order valence-electron chi connectivity index (χ0n) is 33.2. The second-order valence-electron chi connectivity index (χ2n) is 15.4. The molecule has 2 heterocycles. The lowest BCUT2D eigenvalue weighted by Crippen LogP contribution is -2.38. The van der Waals surface area contributed by atoms with Gasteiger partial charge < -0.3 is 23.8 Å². The minimum atomic E-state index is -0.639. The van der Waals surface area contributed by atoms with Gasteiger partial charge in [-0.05, 0) is 95.0 Å². The van der Waals surface area contributed by atoms with Gasteiger partial charge in [0.05, 0.1) is 32.0 Å². The highest BCUT2D eigenvalue weighted by Gasteiger charge is 2.54. The molecule has 1 saturated heterocycles. The summed E-state index contributed by atoms with van der Waals surface area (Å²) < 4.78 is 23.0. The number of fused-ring (bicyclic) bond motifs is 2. The van der Waals surface area contributed by atoms with E-state index in [0.717, 1.165) is 70.1 Å². The molecule has 0 aromatic heterocycles. The molecule has 8 nitrogen and oxygen atoms in total. The van der Waals surface area contributed by atoms with Crippen LogP contribution in [0.3, 0.4) is 0 Å². The fourth-order valence-corrected chi connectivity index (χ4v) is 7.72. The number of carbonyl (C=O) groups excluding carboxylic acids is 3. The van der Waals surface area contributed by atoms with Crippen molar-refractivity contribution in [3.8, 4) is 5.75 Å². The van der Waals surface area contributed by atoms with Gasteiger partial charge in [-0.3, -0.25) is 14.4 Å². The number of unbranched alkanes of at least 4 members (excludes halogenated alkanes) is 12. The smallest absolute Gasteiger partial charge is 0.312 e. The number of ether oxygens (including phenoxy) is 4. The summed E-state index contributed by atoms with van der Waals surface area (Å²) in [5, 5.41) is 0. The number of hydrogen-bond donors (Lipinski definition) is 0. The Bertz CT molecular complexity index is 1440. The van der Waals surface area contributed by atoms with E-state index in [-0.39, 0.29) is 17.8 Å². The van der Waals surface area contributed by atoms with E-state index in [1.54, 1.807) is 6.92 Å². The molecule has 1 fully saturated rings. The summed E-state index contributed by atoms with van der Waals surface area (Å²) in [7, 11) is 0. The third kappa shape index (κ3) is 14.6. The van der Waals surface area contributed by atoms with Crippen LogP contribution in [-0.2, 0) is 35.1 Å². The van der Waals surface area contributed by atoms with Gasteiger partial charge in [0.15, 0.2) is 0 Å². The summed E-state index contributed by atoms with van der Waals surface area (Å²) in [6.45, 7) is 12.9. The number of aryl methyl sites for hydroxylation is 4. The molecule has 292 valence electrons. The van der Waals surface area contributed by atoms with Crippen LogP contribution in [0.25, 0.3) is 0 Å². The van der Waals surface area contributed by atoms with E-state index < -0.39 is 24.0 Å². The number of benzene rings is 2. The number of rotatable bonds is 25. The molecular weight excluding hydrogens is 666 g/mol. The molecule has 2 aliphatic heterocycles. The van der Waals surface area contributed by atoms with Crippen LogP contribution in [0.15, 0.2) is 48.6 Å². The molecule has 0 N–H and O–H groups in total. The normalized spacial score (nSPS) is 18.7. The zero-order chi connectivity index (χ0) is 38.0. The largest absolute Gasteiger partial charge is 0.494 e. The van der Waals surface area contributed by atoms with E-state index in [1.807, 2.05) is 17.1 Å². The molecule has 1 amide bonds. The molecule has 4 atom stereocenters. The zero-order valence-corrected chi connectivity index (χ0v) is 33.2. The van der Waals surface area contributed by atoms with Gasteiger partial charge in [-0.2, -0.15) is 0 Å². The van der Waals surface area contributed by atoms with Crippen molar-refractivity contribution in [3.05, 3.63) is 76.4 Å². The van der Waals surface area contributed by atoms with Crippen molar-refractivity contribution in [2.24, 2.45) is 11.8 Å². The van der Waals surface area contributed by atoms with Crippen molar-refractivity contribution in [2.75, 3.05) is 26.4 Å². The summed E-state index contributed by atoms with van der Waals surface area (Å²) in [6.07, 6.45) is 17.8. The summed E-state index contributed by atoms with van der Waals surface area (Å²) in [4.78, 5) is 40.2. The topological polar surface area (TPSA) is 91.4 Å². The lowest BCUT2D eigenvalue weighted by molar-refractivity contribution is -0.160. The maximum absolute atomic E-state index is 13.1. The third-order valence-corrected chi connectivity index (χ3v) is 10.4. The number of amides is 1. The Labute approximate surface area is 319 Å². The van der Waals surface area contributed by atoms with Crippen molar-refractivity contribution in [1.82, 2.24) is 4.90 Å². The lowest BCUT2D eigenvalue weighted by Gasteiger charge is -2.22. The summed E-state index contributed by atoms with van der Waals surface area (Å²) in [5.74, 6) is -0.944. The van der Waals surface area contributed by atoms with Gasteiger partial charge in [0.2, 0.25) is 5.91 Å². The molecule has 0 saturated carbocycles. The molecular formula is C45H65NO7. The van der Waals surface area contributed by atoms with Gasteiger partial charge in [-0.1, -0.05) is 98.9 Å². The van der Waals surface area contributed by atoms with E-state index in [9.17, 15) is 14.4 Å². The minimum Gasteiger partial charge on any atom is -0.494 e. The monoisotopic (exact) mass is 731 g/mol. The first kappa shape index (κ1) is 42.1. The standard InChI is InChI=1S/C45H65NO7/c1-33-26-34(2)29-38(28-33)32-46(37(5)47)22-16-12-10-8-6-7-9-11-13-18-24-51-44(48)42-40-20-21-41(53-40)43(42)45(49)52-25-19-15-14-17-23-50-39-30-35(3)27-36(4)31-39/h20-21,26-31,40-43H,6-19,22-25,32H2,1-5H3. The molecule has 0 spiro atoms. The number of nitrogens with zero attached hydrogens (tertiary/aromatic N) is 1. The van der Waals surface area contributed by atoms with Crippen LogP contribution in [0.2, 0.25) is 0 Å². The third-order valence-electron chi connectivity index (χ3n) is 10.4. The molecule has 2 aromatic carbocycles. The summed E-state index contributed by atoms with van der Waals surface area (Å²) in [5.41, 5.74) is 6.09. The van der Waals surface area contributed by atoms with Crippen LogP contribution in [0.4, 0.5) is 0 Å². The van der Waals surface area contributed by atoms with Crippen LogP contribution < -0.4 is 4.74 Å². The maximum Gasteiger partial charge on any atom is 0.312 e. The molecule has 8 heteroatoms. The van der Waals surface area contributed by atoms with Crippen molar-refractivity contribution < 1.29 is 33.3 Å². The second-order valence-corrected chi connectivity index (χ2v) is 15.4. The maximum atomic E-state index is 13.1. The van der Waals surface area contributed by atoms with Gasteiger partial charge in [0, 0.05) is 20.0 Å². The van der Waals surface area contributed by atoms with Crippen molar-refractivity contribution in [1.29, 1.82) is 0 Å². The fourth-order valence-electron chi connectivity index (χ4n) is 7.72. The van der Waals surface area contributed by atoms with Crippen molar-refractivity contribution in [3.63, 3.8) is 0 Å². The van der Waals surface area contributed by atoms with E-state index in [0.29, 0.717) is 26.4 Å². The summed E-state index contributed by atoms with van der Waals surface area (Å²) >= 11 is 0. The highest BCUT2D eigenvalue weighted by atomic mass is 16.6. The predicted molar refractivity (Wildman–Crippen MR) is 210 cm³/mol. The molecule has 53 heavy (non-hydrogen) atoms. The molecule has 2 aliphatic rings. The lowest BCUT2D eigenvalue weighted by atomic mass is 9.83. The molecule has 4 unspecified atom stereocenters. The fraction of sp³-hybridized carbons (Fsp3) is 0.622. The average molecular weight is 732 g/mol. The number of hydrogen-bond acceptors (Lipinski definition) is 7.